The number of amides is 1. The maximum atomic E-state index is 13.7. The highest BCUT2D eigenvalue weighted by Gasteiger charge is 2.32. The number of hydrogen-bond donors (Lipinski definition) is 1. The molecular weight excluding hydrogens is 457 g/mol. The van der Waals surface area contributed by atoms with Crippen molar-refractivity contribution in [3.8, 4) is 5.75 Å². The van der Waals surface area contributed by atoms with Crippen LogP contribution in [0.4, 0.5) is 4.39 Å². The molecule has 0 saturated carbocycles. The molecule has 0 spiro atoms. The van der Waals surface area contributed by atoms with Gasteiger partial charge in [-0.1, -0.05) is 36.0 Å². The quantitative estimate of drug-likeness (QED) is 0.611. The van der Waals surface area contributed by atoms with E-state index in [9.17, 15) is 9.18 Å². The SMILES string of the molecule is CC1=CN2C(=N)/C(=C/c3ccc(OCc4ccccc4F)c(Br)c3)C(=O)N=C2S1. The van der Waals surface area contributed by atoms with Crippen LogP contribution in [0.25, 0.3) is 6.08 Å². The van der Waals surface area contributed by atoms with Crippen molar-refractivity contribution in [3.05, 3.63) is 80.6 Å². The standard InChI is InChI=1S/C21H15BrFN3O2S/c1-12-10-26-19(24)15(20(27)25-21(26)29-12)8-13-6-7-18(16(22)9-13)28-11-14-4-2-3-5-17(14)23/h2-10,24H,11H2,1H3/b15-8-,24-19?. The molecule has 2 aliphatic rings. The predicted octanol–water partition coefficient (Wildman–Crippen LogP) is 5.33. The van der Waals surface area contributed by atoms with E-state index in [0.29, 0.717) is 21.0 Å². The number of benzene rings is 2. The summed E-state index contributed by atoms with van der Waals surface area (Å²) in [7, 11) is 0. The topological polar surface area (TPSA) is 65.8 Å². The number of halogens is 2. The van der Waals surface area contributed by atoms with E-state index in [4.69, 9.17) is 10.1 Å². The van der Waals surface area contributed by atoms with Crippen LogP contribution in [-0.2, 0) is 11.4 Å². The monoisotopic (exact) mass is 471 g/mol. The molecule has 0 atom stereocenters. The van der Waals surface area contributed by atoms with Gasteiger partial charge in [-0.25, -0.2) is 4.39 Å². The van der Waals surface area contributed by atoms with Crippen molar-refractivity contribution < 1.29 is 13.9 Å². The Morgan fingerprint density at radius 2 is 2.10 bits per heavy atom. The van der Waals surface area contributed by atoms with Crippen LogP contribution in [0, 0.1) is 11.2 Å². The lowest BCUT2D eigenvalue weighted by atomic mass is 10.1. The summed E-state index contributed by atoms with van der Waals surface area (Å²) in [6.07, 6.45) is 3.42. The van der Waals surface area contributed by atoms with Crippen molar-refractivity contribution in [1.29, 1.82) is 5.41 Å². The number of aliphatic imine (C=N–C) groups is 1. The minimum atomic E-state index is -0.437. The fourth-order valence-corrected chi connectivity index (χ4v) is 4.19. The van der Waals surface area contributed by atoms with Gasteiger partial charge in [-0.15, -0.1) is 0 Å². The number of hydrogen-bond acceptors (Lipinski definition) is 4. The third-order valence-corrected chi connectivity index (χ3v) is 5.82. The van der Waals surface area contributed by atoms with Crippen LogP contribution in [0.2, 0.25) is 0 Å². The minimum Gasteiger partial charge on any atom is -0.488 e. The molecule has 0 bridgehead atoms. The molecule has 2 heterocycles. The first-order chi connectivity index (χ1) is 13.9. The Balaban J connectivity index is 1.54. The molecule has 0 fully saturated rings. The van der Waals surface area contributed by atoms with Gasteiger partial charge < -0.3 is 4.74 Å². The van der Waals surface area contributed by atoms with E-state index >= 15 is 0 Å². The highest BCUT2D eigenvalue weighted by atomic mass is 79.9. The third kappa shape index (κ3) is 4.04. The lowest BCUT2D eigenvalue weighted by Crippen LogP contribution is -2.35. The summed E-state index contributed by atoms with van der Waals surface area (Å²) >= 11 is 4.82. The molecule has 0 radical (unpaired) electrons. The van der Waals surface area contributed by atoms with Gasteiger partial charge in [-0.05, 0) is 52.7 Å². The van der Waals surface area contributed by atoms with Gasteiger partial charge in [0.15, 0.2) is 5.17 Å². The number of rotatable bonds is 4. The minimum absolute atomic E-state index is 0.0975. The summed E-state index contributed by atoms with van der Waals surface area (Å²) in [6.45, 7) is 2.01. The third-order valence-electron chi connectivity index (χ3n) is 4.30. The van der Waals surface area contributed by atoms with Gasteiger partial charge in [0.05, 0.1) is 10.0 Å². The highest BCUT2D eigenvalue weighted by molar-refractivity contribution is 9.10. The van der Waals surface area contributed by atoms with Crippen LogP contribution in [0.15, 0.2) is 68.6 Å². The number of thioether (sulfide) groups is 1. The molecule has 0 saturated heterocycles. The van der Waals surface area contributed by atoms with E-state index in [0.717, 1.165) is 10.5 Å². The van der Waals surface area contributed by atoms with Crippen molar-refractivity contribution in [3.63, 3.8) is 0 Å². The Morgan fingerprint density at radius 1 is 1.31 bits per heavy atom. The van der Waals surface area contributed by atoms with Crippen LogP contribution in [-0.4, -0.2) is 21.8 Å². The van der Waals surface area contributed by atoms with E-state index in [1.807, 2.05) is 6.92 Å². The first-order valence-corrected chi connectivity index (χ1v) is 10.3. The fraction of sp³-hybridized carbons (Fsp3) is 0.0952. The zero-order chi connectivity index (χ0) is 20.5. The first-order valence-electron chi connectivity index (χ1n) is 8.67. The van der Waals surface area contributed by atoms with Crippen LogP contribution >= 0.6 is 27.7 Å². The molecule has 29 heavy (non-hydrogen) atoms. The first kappa shape index (κ1) is 19.6. The van der Waals surface area contributed by atoms with E-state index in [1.54, 1.807) is 53.6 Å². The summed E-state index contributed by atoms with van der Waals surface area (Å²) in [5, 5.41) is 8.85. The fourth-order valence-electron chi connectivity index (χ4n) is 2.86. The molecule has 0 aliphatic carbocycles. The maximum Gasteiger partial charge on any atom is 0.283 e. The van der Waals surface area contributed by atoms with Gasteiger partial charge in [0, 0.05) is 16.7 Å². The summed E-state index contributed by atoms with van der Waals surface area (Å²) in [5.74, 6) is -0.105. The van der Waals surface area contributed by atoms with E-state index in [1.165, 1.54) is 17.8 Å². The number of fused-ring (bicyclic) bond motifs is 1. The summed E-state index contributed by atoms with van der Waals surface area (Å²) in [5.41, 5.74) is 1.40. The van der Waals surface area contributed by atoms with Gasteiger partial charge in [-0.3, -0.25) is 15.1 Å². The van der Waals surface area contributed by atoms with Gasteiger partial charge in [0.2, 0.25) is 0 Å². The molecule has 4 rings (SSSR count). The summed E-state index contributed by atoms with van der Waals surface area (Å²) < 4.78 is 20.1. The van der Waals surface area contributed by atoms with Crippen molar-refractivity contribution in [2.45, 2.75) is 13.5 Å². The molecule has 2 aliphatic heterocycles. The average Bonchev–Trinajstić information content (AvgIpc) is 3.06. The normalized spacial score (nSPS) is 17.3. The number of allylic oxidation sites excluding steroid dienone is 1. The van der Waals surface area contributed by atoms with Crippen LogP contribution in [0.5, 0.6) is 5.75 Å². The predicted molar refractivity (Wildman–Crippen MR) is 116 cm³/mol. The molecule has 0 unspecified atom stereocenters. The number of amidine groups is 2. The Bertz CT molecular complexity index is 1130. The molecule has 5 nitrogen and oxygen atoms in total. The second kappa shape index (κ2) is 7.96. The molecule has 2 aromatic rings. The van der Waals surface area contributed by atoms with Crippen LogP contribution < -0.4 is 4.74 Å². The number of nitrogens with one attached hydrogen (secondary N) is 1. The Morgan fingerprint density at radius 3 is 2.86 bits per heavy atom. The van der Waals surface area contributed by atoms with E-state index < -0.39 is 5.91 Å². The smallest absolute Gasteiger partial charge is 0.283 e. The molecule has 0 aromatic heterocycles. The zero-order valence-electron chi connectivity index (χ0n) is 15.3. The molecule has 146 valence electrons. The molecule has 2 aromatic carbocycles. The van der Waals surface area contributed by atoms with E-state index in [-0.39, 0.29) is 23.8 Å². The number of carbonyl (C=O) groups is 1. The largest absolute Gasteiger partial charge is 0.488 e. The van der Waals surface area contributed by atoms with E-state index in [2.05, 4.69) is 20.9 Å². The molecule has 8 heteroatoms. The van der Waals surface area contributed by atoms with Crippen LogP contribution in [0.3, 0.4) is 0 Å². The second-order valence-corrected chi connectivity index (χ2v) is 8.46. The lowest BCUT2D eigenvalue weighted by molar-refractivity contribution is -0.114. The van der Waals surface area contributed by atoms with Crippen molar-refractivity contribution >= 4 is 50.7 Å². The van der Waals surface area contributed by atoms with Gasteiger partial charge in [-0.2, -0.15) is 4.99 Å². The number of ether oxygens (including phenoxy) is 1. The maximum absolute atomic E-state index is 13.7. The summed E-state index contributed by atoms with van der Waals surface area (Å²) in [4.78, 5) is 19.0. The van der Waals surface area contributed by atoms with Gasteiger partial charge in [0.25, 0.3) is 5.91 Å². The Labute approximate surface area is 179 Å². The Hall–Kier alpha value is -2.71. The van der Waals surface area contributed by atoms with Gasteiger partial charge >= 0.3 is 0 Å². The molecular formula is C21H15BrFN3O2S. The Kier molecular flexibility index (Phi) is 5.38. The molecule has 1 amide bonds. The summed E-state index contributed by atoms with van der Waals surface area (Å²) in [6, 6.07) is 11.7. The highest BCUT2D eigenvalue weighted by Crippen LogP contribution is 2.33. The second-order valence-electron chi connectivity index (χ2n) is 6.39. The number of carbonyl (C=O) groups excluding carboxylic acids is 1. The van der Waals surface area contributed by atoms with Crippen molar-refractivity contribution in [1.82, 2.24) is 4.90 Å². The zero-order valence-corrected chi connectivity index (χ0v) is 17.7. The number of nitrogens with zero attached hydrogens (tertiary/aromatic N) is 2. The van der Waals surface area contributed by atoms with Crippen molar-refractivity contribution in [2.24, 2.45) is 4.99 Å². The lowest BCUT2D eigenvalue weighted by Gasteiger charge is -2.22. The van der Waals surface area contributed by atoms with Gasteiger partial charge in [0.1, 0.15) is 24.0 Å². The molecule has 1 N–H and O–H groups in total. The average molecular weight is 472 g/mol. The van der Waals surface area contributed by atoms with Crippen molar-refractivity contribution in [2.75, 3.05) is 0 Å². The van der Waals surface area contributed by atoms with Crippen LogP contribution in [0.1, 0.15) is 18.1 Å².